The van der Waals surface area contributed by atoms with E-state index in [1.54, 1.807) is 6.07 Å². The number of carbonyl (C=O) groups excluding carboxylic acids is 1. The highest BCUT2D eigenvalue weighted by Gasteiger charge is 2.40. The minimum atomic E-state index is 0.0705. The van der Waals surface area contributed by atoms with E-state index in [4.69, 9.17) is 0 Å². The molecular weight excluding hydrogens is 228 g/mol. The lowest BCUT2D eigenvalue weighted by molar-refractivity contribution is 0.0613. The van der Waals surface area contributed by atoms with Crippen molar-refractivity contribution in [2.45, 2.75) is 24.9 Å². The number of amides is 1. The molecule has 2 atom stereocenters. The van der Waals surface area contributed by atoms with Gasteiger partial charge in [-0.3, -0.25) is 4.79 Å². The molecule has 2 N–H and O–H groups in total. The molecule has 2 unspecified atom stereocenters. The van der Waals surface area contributed by atoms with Crippen LogP contribution in [0.3, 0.4) is 0 Å². The van der Waals surface area contributed by atoms with E-state index in [1.807, 2.05) is 24.1 Å². The summed E-state index contributed by atoms with van der Waals surface area (Å²) in [6, 6.07) is 6.22. The Morgan fingerprint density at radius 3 is 2.78 bits per heavy atom. The van der Waals surface area contributed by atoms with Gasteiger partial charge in [0.1, 0.15) is 11.5 Å². The molecule has 2 aliphatic rings. The van der Waals surface area contributed by atoms with Crippen LogP contribution in [0.15, 0.2) is 18.2 Å². The molecule has 3 rings (SSSR count). The third-order valence-corrected chi connectivity index (χ3v) is 3.84. The Morgan fingerprint density at radius 1 is 1.39 bits per heavy atom. The van der Waals surface area contributed by atoms with Gasteiger partial charge in [-0.15, -0.1) is 0 Å². The third kappa shape index (κ3) is 1.84. The molecule has 0 radical (unpaired) electrons. The first kappa shape index (κ1) is 11.5. The molecule has 3 heterocycles. The number of rotatable bonds is 2. The number of nitrogens with one attached hydrogen (secondary N) is 2. The van der Waals surface area contributed by atoms with Crippen molar-refractivity contribution in [2.24, 2.45) is 0 Å². The zero-order valence-electron chi connectivity index (χ0n) is 10.5. The Morgan fingerprint density at radius 2 is 2.11 bits per heavy atom. The molecular formula is C13H18N4O. The Labute approximate surface area is 107 Å². The highest BCUT2D eigenvalue weighted by Crippen LogP contribution is 2.28. The molecule has 2 aliphatic heterocycles. The van der Waals surface area contributed by atoms with Gasteiger partial charge in [-0.2, -0.15) is 0 Å². The second-order valence-electron chi connectivity index (χ2n) is 4.91. The molecule has 18 heavy (non-hydrogen) atoms. The zero-order chi connectivity index (χ0) is 12.5. The highest BCUT2D eigenvalue weighted by atomic mass is 16.2. The van der Waals surface area contributed by atoms with Gasteiger partial charge in [-0.1, -0.05) is 6.07 Å². The van der Waals surface area contributed by atoms with Gasteiger partial charge in [0.25, 0.3) is 5.91 Å². The van der Waals surface area contributed by atoms with Crippen LogP contribution >= 0.6 is 0 Å². The topological polar surface area (TPSA) is 57.3 Å². The first-order valence-corrected chi connectivity index (χ1v) is 6.48. The average Bonchev–Trinajstić information content (AvgIpc) is 2.67. The molecule has 5 nitrogen and oxygen atoms in total. The first-order valence-electron chi connectivity index (χ1n) is 6.48. The van der Waals surface area contributed by atoms with Crippen molar-refractivity contribution in [3.63, 3.8) is 0 Å². The molecule has 96 valence electrons. The Kier molecular flexibility index (Phi) is 2.91. The fourth-order valence-corrected chi connectivity index (χ4v) is 2.94. The zero-order valence-corrected chi connectivity index (χ0v) is 10.5. The summed E-state index contributed by atoms with van der Waals surface area (Å²) >= 11 is 0. The maximum Gasteiger partial charge on any atom is 0.273 e. The van der Waals surface area contributed by atoms with Crippen LogP contribution in [0.1, 0.15) is 23.3 Å². The van der Waals surface area contributed by atoms with Gasteiger partial charge < -0.3 is 15.5 Å². The molecule has 0 aliphatic carbocycles. The number of carbonyl (C=O) groups is 1. The fourth-order valence-electron chi connectivity index (χ4n) is 2.94. The Balaban J connectivity index is 1.85. The van der Waals surface area contributed by atoms with Crippen LogP contribution in [0.4, 0.5) is 5.82 Å². The second kappa shape index (κ2) is 4.57. The number of piperazine rings is 1. The molecule has 1 aromatic heterocycles. The van der Waals surface area contributed by atoms with Crippen LogP contribution in [0.25, 0.3) is 0 Å². The number of aromatic nitrogens is 1. The summed E-state index contributed by atoms with van der Waals surface area (Å²) in [6.07, 6.45) is 2.21. The maximum atomic E-state index is 12.5. The molecule has 0 spiro atoms. The van der Waals surface area contributed by atoms with Crippen molar-refractivity contribution < 1.29 is 4.79 Å². The highest BCUT2D eigenvalue weighted by molar-refractivity contribution is 5.93. The van der Waals surface area contributed by atoms with E-state index in [1.165, 1.54) is 0 Å². The Bertz CT molecular complexity index is 446. The third-order valence-electron chi connectivity index (χ3n) is 3.84. The van der Waals surface area contributed by atoms with Crippen LogP contribution in [0.5, 0.6) is 0 Å². The molecule has 5 heteroatoms. The monoisotopic (exact) mass is 246 g/mol. The van der Waals surface area contributed by atoms with Crippen molar-refractivity contribution in [1.82, 2.24) is 15.2 Å². The molecule has 1 aromatic rings. The lowest BCUT2D eigenvalue weighted by atomic mass is 10.2. The quantitative estimate of drug-likeness (QED) is 0.806. The van der Waals surface area contributed by atoms with Crippen LogP contribution < -0.4 is 10.6 Å². The van der Waals surface area contributed by atoms with Crippen molar-refractivity contribution in [1.29, 1.82) is 0 Å². The van der Waals surface area contributed by atoms with Gasteiger partial charge in [0.2, 0.25) is 0 Å². The normalized spacial score (nSPS) is 26.2. The van der Waals surface area contributed by atoms with Gasteiger partial charge in [0, 0.05) is 32.2 Å². The van der Waals surface area contributed by atoms with E-state index >= 15 is 0 Å². The number of fused-ring (bicyclic) bond motifs is 2. The molecule has 1 amide bonds. The summed E-state index contributed by atoms with van der Waals surface area (Å²) < 4.78 is 0. The average molecular weight is 246 g/mol. The number of nitrogens with zero attached hydrogens (tertiary/aromatic N) is 2. The minimum Gasteiger partial charge on any atom is -0.373 e. The fraction of sp³-hybridized carbons (Fsp3) is 0.538. The predicted octanol–water partition coefficient (Wildman–Crippen LogP) is 0.700. The van der Waals surface area contributed by atoms with Crippen molar-refractivity contribution in [3.8, 4) is 0 Å². The summed E-state index contributed by atoms with van der Waals surface area (Å²) in [4.78, 5) is 18.9. The van der Waals surface area contributed by atoms with Crippen molar-refractivity contribution in [3.05, 3.63) is 23.9 Å². The SMILES string of the molecule is CNc1cccc(C(=O)N2C3CCC2CNC3)n1. The van der Waals surface area contributed by atoms with Gasteiger partial charge >= 0.3 is 0 Å². The van der Waals surface area contributed by atoms with E-state index in [0.29, 0.717) is 17.8 Å². The molecule has 2 saturated heterocycles. The van der Waals surface area contributed by atoms with Crippen LogP contribution in [-0.4, -0.2) is 48.0 Å². The van der Waals surface area contributed by atoms with Crippen LogP contribution in [-0.2, 0) is 0 Å². The summed E-state index contributed by atoms with van der Waals surface area (Å²) in [5.74, 6) is 0.810. The minimum absolute atomic E-state index is 0.0705. The Hall–Kier alpha value is -1.62. The lowest BCUT2D eigenvalue weighted by Gasteiger charge is -2.35. The van der Waals surface area contributed by atoms with Crippen molar-refractivity contribution >= 4 is 11.7 Å². The van der Waals surface area contributed by atoms with Crippen molar-refractivity contribution in [2.75, 3.05) is 25.5 Å². The number of anilines is 1. The smallest absolute Gasteiger partial charge is 0.273 e. The largest absolute Gasteiger partial charge is 0.373 e. The van der Waals surface area contributed by atoms with Gasteiger partial charge in [-0.25, -0.2) is 4.98 Å². The lowest BCUT2D eigenvalue weighted by Crippen LogP contribution is -2.54. The summed E-state index contributed by atoms with van der Waals surface area (Å²) in [5, 5.41) is 6.35. The number of hydrogen-bond donors (Lipinski definition) is 2. The molecule has 0 saturated carbocycles. The number of hydrogen-bond acceptors (Lipinski definition) is 4. The predicted molar refractivity (Wildman–Crippen MR) is 69.6 cm³/mol. The van der Waals surface area contributed by atoms with E-state index in [-0.39, 0.29) is 5.91 Å². The summed E-state index contributed by atoms with van der Waals surface area (Å²) in [6.45, 7) is 1.82. The van der Waals surface area contributed by atoms with E-state index in [0.717, 1.165) is 31.7 Å². The summed E-state index contributed by atoms with van der Waals surface area (Å²) in [5.41, 5.74) is 0.542. The van der Waals surface area contributed by atoms with E-state index in [9.17, 15) is 4.79 Å². The standard InChI is InChI=1S/C13H18N4O/c1-14-12-4-2-3-11(16-12)13(18)17-9-5-6-10(17)8-15-7-9/h2-4,9-10,15H,5-8H2,1H3,(H,14,16). The molecule has 0 aromatic carbocycles. The van der Waals surface area contributed by atoms with Gasteiger partial charge in [-0.05, 0) is 25.0 Å². The van der Waals surface area contributed by atoms with Crippen LogP contribution in [0, 0.1) is 0 Å². The maximum absolute atomic E-state index is 12.5. The second-order valence-corrected chi connectivity index (χ2v) is 4.91. The van der Waals surface area contributed by atoms with Gasteiger partial charge in [0.15, 0.2) is 0 Å². The number of pyridine rings is 1. The first-order chi connectivity index (χ1) is 8.79. The van der Waals surface area contributed by atoms with E-state index in [2.05, 4.69) is 15.6 Å². The van der Waals surface area contributed by atoms with Gasteiger partial charge in [0.05, 0.1) is 0 Å². The molecule has 2 fully saturated rings. The summed E-state index contributed by atoms with van der Waals surface area (Å²) in [7, 11) is 1.81. The molecule has 2 bridgehead atoms. The van der Waals surface area contributed by atoms with E-state index < -0.39 is 0 Å². The van der Waals surface area contributed by atoms with Crippen LogP contribution in [0.2, 0.25) is 0 Å².